The first-order valence-corrected chi connectivity index (χ1v) is 7.47. The average molecular weight is 302 g/mol. The van der Waals surface area contributed by atoms with E-state index in [1.807, 2.05) is 5.01 Å². The predicted molar refractivity (Wildman–Crippen MR) is 80.7 cm³/mol. The summed E-state index contributed by atoms with van der Waals surface area (Å²) in [6, 6.07) is 0. The number of hydrogen-bond donors (Lipinski definition) is 3. The molecule has 2 aliphatic rings. The van der Waals surface area contributed by atoms with Crippen LogP contribution in [0.5, 0.6) is 0 Å². The molecule has 2 heterocycles. The molecule has 0 radical (unpaired) electrons. The third kappa shape index (κ3) is 6.27. The first-order chi connectivity index (χ1) is 9.52. The highest BCUT2D eigenvalue weighted by molar-refractivity contribution is 5.80. The molecule has 0 aromatic carbocycles. The fraction of sp³-hybridized carbons (Fsp3) is 0.929. The van der Waals surface area contributed by atoms with E-state index in [1.165, 1.54) is 11.4 Å². The topological polar surface area (TPSA) is 105 Å². The van der Waals surface area contributed by atoms with Crippen molar-refractivity contribution in [3.05, 3.63) is 0 Å². The summed E-state index contributed by atoms with van der Waals surface area (Å²) in [6.07, 6.45) is 1.61. The third-order valence-corrected chi connectivity index (χ3v) is 3.51. The lowest BCUT2D eigenvalue weighted by Gasteiger charge is -2.26. The molecule has 5 N–H and O–H groups in total. The number of carbonyl (C=O) groups excluding carboxylic acids is 1. The summed E-state index contributed by atoms with van der Waals surface area (Å²) in [6.45, 7) is 10.3. The van der Waals surface area contributed by atoms with Crippen LogP contribution in [0, 0.1) is 5.92 Å². The van der Waals surface area contributed by atoms with Crippen LogP contribution in [0.15, 0.2) is 0 Å². The zero-order valence-electron chi connectivity index (χ0n) is 13.6. The Labute approximate surface area is 127 Å². The molecule has 2 atom stereocenters. The SMILES string of the molecule is CC(C)(C)OC(=O)C1(O)CCN(N)C1.CC1CCN(N)C1. The minimum atomic E-state index is -1.43. The van der Waals surface area contributed by atoms with Crippen molar-refractivity contribution in [1.82, 2.24) is 10.0 Å². The predicted octanol–water partition coefficient (Wildman–Crippen LogP) is -0.159. The standard InChI is InChI=1S/C9H18N2O3.C5H12N2/c1-8(2,3)14-7(12)9(13)4-5-11(10)6-9;1-5-2-3-7(6)4-5/h13H,4-6,10H2,1-3H3;5H,2-4,6H2,1H3. The molecule has 2 rings (SSSR count). The maximum atomic E-state index is 11.6. The van der Waals surface area contributed by atoms with Crippen molar-refractivity contribution >= 4 is 5.97 Å². The third-order valence-electron chi connectivity index (χ3n) is 3.51. The highest BCUT2D eigenvalue weighted by Gasteiger charge is 2.44. The number of aliphatic hydroxyl groups is 1. The molecule has 2 fully saturated rings. The highest BCUT2D eigenvalue weighted by atomic mass is 16.6. The lowest BCUT2D eigenvalue weighted by Crippen LogP contribution is -2.46. The van der Waals surface area contributed by atoms with Crippen molar-refractivity contribution in [1.29, 1.82) is 0 Å². The van der Waals surface area contributed by atoms with Gasteiger partial charge < -0.3 is 9.84 Å². The quantitative estimate of drug-likeness (QED) is 0.456. The largest absolute Gasteiger partial charge is 0.458 e. The first kappa shape index (κ1) is 18.3. The van der Waals surface area contributed by atoms with E-state index in [0.29, 0.717) is 13.0 Å². The van der Waals surface area contributed by atoms with Gasteiger partial charge in [0.2, 0.25) is 0 Å². The van der Waals surface area contributed by atoms with Gasteiger partial charge in [-0.3, -0.25) is 11.7 Å². The molecule has 21 heavy (non-hydrogen) atoms. The molecule has 2 unspecified atom stereocenters. The number of carbonyl (C=O) groups is 1. The van der Waals surface area contributed by atoms with Gasteiger partial charge >= 0.3 is 5.97 Å². The zero-order chi connectivity index (χ0) is 16.3. The van der Waals surface area contributed by atoms with Crippen LogP contribution in [0.4, 0.5) is 0 Å². The van der Waals surface area contributed by atoms with Crippen LogP contribution in [-0.4, -0.2) is 58.5 Å². The van der Waals surface area contributed by atoms with Crippen LogP contribution in [0.1, 0.15) is 40.5 Å². The Kier molecular flexibility index (Phi) is 6.12. The smallest absolute Gasteiger partial charge is 0.340 e. The van der Waals surface area contributed by atoms with Gasteiger partial charge in [-0.2, -0.15) is 0 Å². The van der Waals surface area contributed by atoms with E-state index in [-0.39, 0.29) is 6.54 Å². The van der Waals surface area contributed by atoms with Gasteiger partial charge in [-0.1, -0.05) is 6.92 Å². The number of esters is 1. The minimum absolute atomic E-state index is 0.141. The van der Waals surface area contributed by atoms with Gasteiger partial charge in [0, 0.05) is 26.1 Å². The number of nitrogens with two attached hydrogens (primary N) is 2. The number of β-amino-alcohol motifs (C(OH)–C–C–N with tert-alkyl or cyclic N) is 1. The van der Waals surface area contributed by atoms with Gasteiger partial charge in [-0.05, 0) is 33.1 Å². The second-order valence-corrected chi connectivity index (χ2v) is 7.14. The molecule has 124 valence electrons. The van der Waals surface area contributed by atoms with Crippen LogP contribution in [-0.2, 0) is 9.53 Å². The number of rotatable bonds is 1. The summed E-state index contributed by atoms with van der Waals surface area (Å²) in [5.41, 5.74) is -2.00. The molecule has 0 aromatic heterocycles. The van der Waals surface area contributed by atoms with Crippen LogP contribution in [0.3, 0.4) is 0 Å². The lowest BCUT2D eigenvalue weighted by molar-refractivity contribution is -0.175. The Morgan fingerprint density at radius 3 is 2.19 bits per heavy atom. The van der Waals surface area contributed by atoms with Crippen LogP contribution in [0.25, 0.3) is 0 Å². The zero-order valence-corrected chi connectivity index (χ0v) is 13.6. The molecular formula is C14H30N4O3. The molecule has 0 spiro atoms. The maximum Gasteiger partial charge on any atom is 0.340 e. The van der Waals surface area contributed by atoms with E-state index in [1.54, 1.807) is 20.8 Å². The van der Waals surface area contributed by atoms with Gasteiger partial charge in [0.15, 0.2) is 5.60 Å². The fourth-order valence-electron chi connectivity index (χ4n) is 2.33. The van der Waals surface area contributed by atoms with Gasteiger partial charge in [0.05, 0.1) is 6.54 Å². The lowest BCUT2D eigenvalue weighted by atomic mass is 10.0. The van der Waals surface area contributed by atoms with Gasteiger partial charge in [0.1, 0.15) is 5.60 Å². The molecule has 2 saturated heterocycles. The molecule has 0 aromatic rings. The summed E-state index contributed by atoms with van der Waals surface area (Å²) < 4.78 is 5.10. The molecule has 7 heteroatoms. The van der Waals surface area contributed by atoms with Gasteiger partial charge in [-0.15, -0.1) is 0 Å². The second-order valence-electron chi connectivity index (χ2n) is 7.14. The van der Waals surface area contributed by atoms with E-state index in [2.05, 4.69) is 6.92 Å². The Bertz CT molecular complexity index is 351. The Hall–Kier alpha value is -0.730. The summed E-state index contributed by atoms with van der Waals surface area (Å²) in [5.74, 6) is 11.2. The summed E-state index contributed by atoms with van der Waals surface area (Å²) in [5, 5.41) is 13.2. The molecule has 2 aliphatic heterocycles. The van der Waals surface area contributed by atoms with Gasteiger partial charge in [0.25, 0.3) is 0 Å². The number of hydrazine groups is 2. The number of nitrogens with zero attached hydrogens (tertiary/aromatic N) is 2. The Balaban J connectivity index is 0.000000262. The summed E-state index contributed by atoms with van der Waals surface area (Å²) in [7, 11) is 0. The second kappa shape index (κ2) is 7.02. The van der Waals surface area contributed by atoms with E-state index >= 15 is 0 Å². The molecular weight excluding hydrogens is 272 g/mol. The summed E-state index contributed by atoms with van der Waals surface area (Å²) in [4.78, 5) is 11.6. The monoisotopic (exact) mass is 302 g/mol. The van der Waals surface area contributed by atoms with Crippen molar-refractivity contribution < 1.29 is 14.6 Å². The minimum Gasteiger partial charge on any atom is -0.458 e. The molecule has 7 nitrogen and oxygen atoms in total. The molecule has 0 amide bonds. The van der Waals surface area contributed by atoms with Gasteiger partial charge in [-0.25, -0.2) is 14.8 Å². The van der Waals surface area contributed by atoms with E-state index in [9.17, 15) is 9.90 Å². The molecule has 0 bridgehead atoms. The first-order valence-electron chi connectivity index (χ1n) is 7.47. The van der Waals surface area contributed by atoms with Crippen LogP contribution in [0.2, 0.25) is 0 Å². The number of ether oxygens (including phenoxy) is 1. The molecule has 0 saturated carbocycles. The normalized spacial score (nSPS) is 30.9. The van der Waals surface area contributed by atoms with Crippen molar-refractivity contribution in [2.75, 3.05) is 26.2 Å². The van der Waals surface area contributed by atoms with Crippen molar-refractivity contribution in [3.63, 3.8) is 0 Å². The van der Waals surface area contributed by atoms with E-state index in [4.69, 9.17) is 16.4 Å². The van der Waals surface area contributed by atoms with Crippen molar-refractivity contribution in [3.8, 4) is 0 Å². The van der Waals surface area contributed by atoms with E-state index < -0.39 is 17.2 Å². The van der Waals surface area contributed by atoms with Crippen molar-refractivity contribution in [2.45, 2.75) is 51.7 Å². The van der Waals surface area contributed by atoms with Crippen molar-refractivity contribution in [2.24, 2.45) is 17.6 Å². The van der Waals surface area contributed by atoms with Crippen LogP contribution >= 0.6 is 0 Å². The van der Waals surface area contributed by atoms with Crippen LogP contribution < -0.4 is 11.7 Å². The Morgan fingerprint density at radius 1 is 1.29 bits per heavy atom. The Morgan fingerprint density at radius 2 is 1.90 bits per heavy atom. The van der Waals surface area contributed by atoms with E-state index in [0.717, 1.165) is 19.0 Å². The fourth-order valence-corrected chi connectivity index (χ4v) is 2.33. The average Bonchev–Trinajstić information content (AvgIpc) is 2.84. The maximum absolute atomic E-state index is 11.6. The number of hydrogen-bond acceptors (Lipinski definition) is 7. The highest BCUT2D eigenvalue weighted by Crippen LogP contribution is 2.23. The summed E-state index contributed by atoms with van der Waals surface area (Å²) >= 11 is 0. The molecule has 0 aliphatic carbocycles.